The molecule has 0 aliphatic carbocycles. The molecule has 5 heteroatoms. The number of hydrogen-bond acceptors (Lipinski definition) is 2. The quantitative estimate of drug-likeness (QED) is 0.532. The third kappa shape index (κ3) is 7.39. The van der Waals surface area contributed by atoms with Crippen LogP contribution in [-0.2, 0) is 9.09 Å². The molecule has 0 radical (unpaired) electrons. The van der Waals surface area contributed by atoms with Gasteiger partial charge >= 0.3 is 7.60 Å². The molecular weight excluding hydrogens is 225 g/mol. The summed E-state index contributed by atoms with van der Waals surface area (Å²) in [4.78, 5) is 9.61. The van der Waals surface area contributed by atoms with E-state index >= 15 is 0 Å². The molecule has 0 bridgehead atoms. The van der Waals surface area contributed by atoms with E-state index in [1.54, 1.807) is 0 Å². The Hall–Kier alpha value is 0.110. The first kappa shape index (κ1) is 16.1. The number of rotatable bonds is 8. The molecule has 0 heterocycles. The van der Waals surface area contributed by atoms with E-state index in [-0.39, 0.29) is 12.1 Å². The van der Waals surface area contributed by atoms with E-state index in [1.165, 1.54) is 0 Å². The van der Waals surface area contributed by atoms with Gasteiger partial charge in [-0.15, -0.1) is 0 Å². The van der Waals surface area contributed by atoms with Crippen molar-refractivity contribution in [1.82, 2.24) is 0 Å². The zero-order chi connectivity index (χ0) is 12.8. The molecule has 0 rings (SSSR count). The van der Waals surface area contributed by atoms with Crippen LogP contribution in [0.15, 0.2) is 0 Å². The fourth-order valence-electron chi connectivity index (χ4n) is 1.16. The summed E-state index contributed by atoms with van der Waals surface area (Å²) in [7, 11) is 0.796. The second kappa shape index (κ2) is 6.75. The first-order valence-electron chi connectivity index (χ1n) is 6.00. The molecule has 0 amide bonds. The standard InChI is InChI=1S/C11H26NO3P/c1-6-11(3)10-16(13,14)15-9-8-12(4,5)7-2/h11H,6-10H2,1-5H3/p+1. The highest BCUT2D eigenvalue weighted by molar-refractivity contribution is 7.52. The van der Waals surface area contributed by atoms with Crippen molar-refractivity contribution in [2.75, 3.05) is 40.0 Å². The molecule has 98 valence electrons. The Bertz CT molecular complexity index is 243. The Balaban J connectivity index is 3.96. The molecule has 0 aliphatic rings. The topological polar surface area (TPSA) is 46.5 Å². The summed E-state index contributed by atoms with van der Waals surface area (Å²) >= 11 is 0. The fraction of sp³-hybridized carbons (Fsp3) is 1.00. The minimum atomic E-state index is -3.37. The molecule has 0 aromatic rings. The molecule has 0 saturated heterocycles. The van der Waals surface area contributed by atoms with Crippen LogP contribution in [0.25, 0.3) is 0 Å². The highest BCUT2D eigenvalue weighted by Gasteiger charge is 2.23. The summed E-state index contributed by atoms with van der Waals surface area (Å²) in [5.41, 5.74) is 0. The van der Waals surface area contributed by atoms with Crippen LogP contribution in [0.3, 0.4) is 0 Å². The lowest BCUT2D eigenvalue weighted by atomic mass is 10.2. The third-order valence-electron chi connectivity index (χ3n) is 3.09. The summed E-state index contributed by atoms with van der Waals surface area (Å²) in [5, 5.41) is 0. The van der Waals surface area contributed by atoms with Crippen molar-refractivity contribution >= 4 is 7.60 Å². The van der Waals surface area contributed by atoms with Crippen LogP contribution < -0.4 is 0 Å². The first-order chi connectivity index (χ1) is 7.22. The Morgan fingerprint density at radius 1 is 1.38 bits per heavy atom. The molecule has 1 N–H and O–H groups in total. The SMILES string of the molecule is CCC(C)CP(=O)(O)OCC[N+](C)(C)CC. The Labute approximate surface area is 99.7 Å². The van der Waals surface area contributed by atoms with Crippen LogP contribution in [-0.4, -0.2) is 49.3 Å². The van der Waals surface area contributed by atoms with Crippen molar-refractivity contribution in [3.63, 3.8) is 0 Å². The Kier molecular flexibility index (Phi) is 6.80. The average molecular weight is 252 g/mol. The second-order valence-corrected chi connectivity index (χ2v) is 7.04. The number of likely N-dealkylation sites (N-methyl/N-ethyl adjacent to an activating group) is 1. The van der Waals surface area contributed by atoms with E-state index in [2.05, 4.69) is 21.0 Å². The minimum Gasteiger partial charge on any atom is -0.327 e. The molecule has 2 atom stereocenters. The largest absolute Gasteiger partial charge is 0.328 e. The van der Waals surface area contributed by atoms with Gasteiger partial charge in [-0.25, -0.2) is 0 Å². The van der Waals surface area contributed by atoms with Crippen LogP contribution >= 0.6 is 7.60 Å². The lowest BCUT2D eigenvalue weighted by molar-refractivity contribution is -0.888. The van der Waals surface area contributed by atoms with Gasteiger partial charge in [0.05, 0.1) is 26.8 Å². The van der Waals surface area contributed by atoms with Gasteiger partial charge in [-0.3, -0.25) is 4.57 Å². The summed E-state index contributed by atoms with van der Waals surface area (Å²) in [6.07, 6.45) is 1.17. The van der Waals surface area contributed by atoms with Gasteiger partial charge < -0.3 is 13.9 Å². The maximum atomic E-state index is 11.7. The van der Waals surface area contributed by atoms with Gasteiger partial charge in [0.1, 0.15) is 13.2 Å². The molecule has 0 aromatic heterocycles. The van der Waals surface area contributed by atoms with E-state index in [9.17, 15) is 9.46 Å². The van der Waals surface area contributed by atoms with Crippen molar-refractivity contribution in [2.45, 2.75) is 27.2 Å². The molecule has 2 unspecified atom stereocenters. The molecule has 0 aliphatic heterocycles. The smallest absolute Gasteiger partial charge is 0.327 e. The highest BCUT2D eigenvalue weighted by Crippen LogP contribution is 2.44. The molecule has 0 fully saturated rings. The predicted molar refractivity (Wildman–Crippen MR) is 67.6 cm³/mol. The van der Waals surface area contributed by atoms with E-state index in [4.69, 9.17) is 4.52 Å². The van der Waals surface area contributed by atoms with Crippen LogP contribution in [0.4, 0.5) is 0 Å². The lowest BCUT2D eigenvalue weighted by Crippen LogP contribution is -2.41. The summed E-state index contributed by atoms with van der Waals surface area (Å²) in [6.45, 7) is 8.19. The van der Waals surface area contributed by atoms with Crippen LogP contribution in [0, 0.1) is 5.92 Å². The van der Waals surface area contributed by atoms with E-state index in [0.29, 0.717) is 6.61 Å². The molecule has 4 nitrogen and oxygen atoms in total. The van der Waals surface area contributed by atoms with E-state index < -0.39 is 7.60 Å². The molecule has 0 spiro atoms. The van der Waals surface area contributed by atoms with Gasteiger partial charge in [-0.05, 0) is 12.8 Å². The van der Waals surface area contributed by atoms with E-state index in [1.807, 2.05) is 13.8 Å². The molecule has 0 saturated carbocycles. The van der Waals surface area contributed by atoms with Crippen LogP contribution in [0.2, 0.25) is 0 Å². The summed E-state index contributed by atoms with van der Waals surface area (Å²) < 4.78 is 17.6. The van der Waals surface area contributed by atoms with Gasteiger partial charge in [-0.2, -0.15) is 0 Å². The third-order valence-corrected chi connectivity index (χ3v) is 4.76. The normalized spacial score (nSPS) is 18.1. The summed E-state index contributed by atoms with van der Waals surface area (Å²) in [6, 6.07) is 0. The second-order valence-electron chi connectivity index (χ2n) is 5.14. The zero-order valence-corrected chi connectivity index (χ0v) is 12.2. The number of quaternary nitrogens is 1. The zero-order valence-electron chi connectivity index (χ0n) is 11.3. The maximum absolute atomic E-state index is 11.7. The van der Waals surface area contributed by atoms with Gasteiger partial charge in [0, 0.05) is 0 Å². The van der Waals surface area contributed by atoms with Crippen LogP contribution in [0.1, 0.15) is 27.2 Å². The fourth-order valence-corrected chi connectivity index (χ4v) is 2.68. The van der Waals surface area contributed by atoms with Crippen molar-refractivity contribution < 1.29 is 18.5 Å². The molecule has 16 heavy (non-hydrogen) atoms. The van der Waals surface area contributed by atoms with Gasteiger partial charge in [-0.1, -0.05) is 20.3 Å². The highest BCUT2D eigenvalue weighted by atomic mass is 31.2. The van der Waals surface area contributed by atoms with Crippen LogP contribution in [0.5, 0.6) is 0 Å². The van der Waals surface area contributed by atoms with Crippen molar-refractivity contribution in [3.05, 3.63) is 0 Å². The minimum absolute atomic E-state index is 0.240. The van der Waals surface area contributed by atoms with Crippen molar-refractivity contribution in [3.8, 4) is 0 Å². The molecule has 0 aromatic carbocycles. The van der Waals surface area contributed by atoms with Crippen molar-refractivity contribution in [1.29, 1.82) is 0 Å². The van der Waals surface area contributed by atoms with Gasteiger partial charge in [0.15, 0.2) is 0 Å². The molecular formula is C11H27NO3P+. The first-order valence-corrected chi connectivity index (χ1v) is 7.77. The summed E-state index contributed by atoms with van der Waals surface area (Å²) in [5.74, 6) is 0.240. The van der Waals surface area contributed by atoms with Gasteiger partial charge in [0.2, 0.25) is 0 Å². The monoisotopic (exact) mass is 252 g/mol. The Morgan fingerprint density at radius 3 is 2.38 bits per heavy atom. The van der Waals surface area contributed by atoms with Crippen molar-refractivity contribution in [2.24, 2.45) is 5.92 Å². The number of nitrogens with zero attached hydrogens (tertiary/aromatic N) is 1. The lowest BCUT2D eigenvalue weighted by Gasteiger charge is -2.28. The predicted octanol–water partition coefficient (Wildman–Crippen LogP) is 2.33. The maximum Gasteiger partial charge on any atom is 0.328 e. The Morgan fingerprint density at radius 2 is 1.94 bits per heavy atom. The van der Waals surface area contributed by atoms with Gasteiger partial charge in [0.25, 0.3) is 0 Å². The van der Waals surface area contributed by atoms with E-state index in [0.717, 1.165) is 24.0 Å². The number of hydrogen-bond donors (Lipinski definition) is 1. The average Bonchev–Trinajstić information content (AvgIpc) is 2.16.